The summed E-state index contributed by atoms with van der Waals surface area (Å²) in [7, 11) is 0. The molecule has 2 bridgehead atoms. The van der Waals surface area contributed by atoms with Crippen molar-refractivity contribution in [2.75, 3.05) is 13.2 Å². The lowest BCUT2D eigenvalue weighted by Gasteiger charge is -2.35. The summed E-state index contributed by atoms with van der Waals surface area (Å²) in [5.41, 5.74) is -0.596. The largest absolute Gasteiger partial charge is 0.465 e. The molecule has 0 aromatic rings. The zero-order valence-electron chi connectivity index (χ0n) is 21.8. The maximum Gasteiger partial charge on any atom is 0.337 e. The van der Waals surface area contributed by atoms with Gasteiger partial charge < -0.3 is 28.4 Å². The summed E-state index contributed by atoms with van der Waals surface area (Å²) in [6.07, 6.45) is -0.773. The van der Waals surface area contributed by atoms with Crippen LogP contribution in [0, 0.1) is 11.8 Å². The molecule has 11 heteroatoms. The number of hydrogen-bond donors (Lipinski definition) is 0. The summed E-state index contributed by atoms with van der Waals surface area (Å²) in [4.78, 5) is 60.4. The van der Waals surface area contributed by atoms with E-state index in [1.165, 1.54) is 26.8 Å². The molecule has 0 aliphatic carbocycles. The lowest BCUT2D eigenvalue weighted by Crippen LogP contribution is -2.48. The summed E-state index contributed by atoms with van der Waals surface area (Å²) in [6.45, 7) is 10.8. The zero-order chi connectivity index (χ0) is 27.5. The highest BCUT2D eigenvalue weighted by molar-refractivity contribution is 5.92. The van der Waals surface area contributed by atoms with Crippen LogP contribution in [0.25, 0.3) is 0 Å². The minimum Gasteiger partial charge on any atom is -0.465 e. The van der Waals surface area contributed by atoms with Gasteiger partial charge in [-0.15, -0.1) is 0 Å². The fraction of sp³-hybridized carbons (Fsp3) is 0.654. The Morgan fingerprint density at radius 3 is 2.30 bits per heavy atom. The van der Waals surface area contributed by atoms with Gasteiger partial charge in [-0.1, -0.05) is 12.7 Å². The molecule has 0 N–H and O–H groups in total. The molecule has 204 valence electrons. The Kier molecular flexibility index (Phi) is 8.78. The Balaban J connectivity index is 1.97. The SMILES string of the molecule is C=C1C(=O)OC2C3OC(C)(CCC(OC(C)=O)C3COC(C)=O)CC(OC(=O)/C(=C\C)COC(C)=O)C12. The molecule has 3 heterocycles. The van der Waals surface area contributed by atoms with Crippen molar-refractivity contribution >= 4 is 29.8 Å². The Morgan fingerprint density at radius 1 is 1.03 bits per heavy atom. The molecule has 7 atom stereocenters. The van der Waals surface area contributed by atoms with Gasteiger partial charge in [-0.05, 0) is 26.7 Å². The molecule has 7 unspecified atom stereocenters. The van der Waals surface area contributed by atoms with E-state index in [-0.39, 0.29) is 30.8 Å². The molecule has 0 saturated carbocycles. The predicted molar refractivity (Wildman–Crippen MR) is 126 cm³/mol. The molecule has 3 aliphatic rings. The van der Waals surface area contributed by atoms with E-state index in [9.17, 15) is 24.0 Å². The van der Waals surface area contributed by atoms with Crippen LogP contribution in [0.4, 0.5) is 0 Å². The molecule has 3 saturated heterocycles. The molecule has 3 rings (SSSR count). The van der Waals surface area contributed by atoms with E-state index < -0.39 is 71.7 Å². The van der Waals surface area contributed by atoms with Crippen LogP contribution in [0.2, 0.25) is 0 Å². The molecular formula is C26H34O11. The van der Waals surface area contributed by atoms with E-state index in [1.807, 2.05) is 6.92 Å². The second kappa shape index (κ2) is 11.5. The van der Waals surface area contributed by atoms with Crippen molar-refractivity contribution in [2.24, 2.45) is 11.8 Å². The topological polar surface area (TPSA) is 141 Å². The molecule has 0 radical (unpaired) electrons. The molecule has 0 aromatic carbocycles. The van der Waals surface area contributed by atoms with Crippen LogP contribution in [-0.2, 0) is 52.4 Å². The summed E-state index contributed by atoms with van der Waals surface area (Å²) in [6, 6.07) is 0. The van der Waals surface area contributed by atoms with Crippen molar-refractivity contribution in [3.8, 4) is 0 Å². The highest BCUT2D eigenvalue weighted by atomic mass is 16.6. The maximum absolute atomic E-state index is 13.0. The van der Waals surface area contributed by atoms with Crippen LogP contribution in [0.15, 0.2) is 23.8 Å². The van der Waals surface area contributed by atoms with Gasteiger partial charge >= 0.3 is 29.8 Å². The number of fused-ring (bicyclic) bond motifs is 4. The lowest BCUT2D eigenvalue weighted by molar-refractivity contribution is -0.178. The van der Waals surface area contributed by atoms with Crippen LogP contribution in [-0.4, -0.2) is 73.1 Å². The van der Waals surface area contributed by atoms with E-state index in [1.54, 1.807) is 6.92 Å². The van der Waals surface area contributed by atoms with Crippen molar-refractivity contribution in [1.29, 1.82) is 0 Å². The number of hydrogen-bond acceptors (Lipinski definition) is 11. The smallest absolute Gasteiger partial charge is 0.337 e. The summed E-state index contributed by atoms with van der Waals surface area (Å²) in [5.74, 6) is -4.33. The fourth-order valence-electron chi connectivity index (χ4n) is 5.22. The third-order valence-electron chi connectivity index (χ3n) is 6.99. The summed E-state index contributed by atoms with van der Waals surface area (Å²) in [5, 5.41) is 0. The monoisotopic (exact) mass is 522 g/mol. The van der Waals surface area contributed by atoms with Gasteiger partial charge in [-0.3, -0.25) is 14.4 Å². The fourth-order valence-corrected chi connectivity index (χ4v) is 5.22. The van der Waals surface area contributed by atoms with Crippen LogP contribution in [0.3, 0.4) is 0 Å². The number of rotatable bonds is 7. The van der Waals surface area contributed by atoms with Gasteiger partial charge in [-0.2, -0.15) is 0 Å². The molecule has 0 amide bonds. The minimum atomic E-state index is -0.932. The first-order chi connectivity index (χ1) is 17.3. The number of carbonyl (C=O) groups is 5. The Bertz CT molecular complexity index is 998. The molecule has 3 fully saturated rings. The van der Waals surface area contributed by atoms with Crippen LogP contribution >= 0.6 is 0 Å². The first-order valence-corrected chi connectivity index (χ1v) is 12.2. The van der Waals surface area contributed by atoms with Crippen LogP contribution in [0.5, 0.6) is 0 Å². The van der Waals surface area contributed by atoms with Gasteiger partial charge in [0.2, 0.25) is 0 Å². The Labute approximate surface area is 215 Å². The zero-order valence-corrected chi connectivity index (χ0v) is 21.8. The van der Waals surface area contributed by atoms with Gasteiger partial charge in [0.05, 0.1) is 23.0 Å². The average Bonchev–Trinajstić information content (AvgIpc) is 2.94. The lowest BCUT2D eigenvalue weighted by atomic mass is 9.78. The van der Waals surface area contributed by atoms with E-state index in [0.29, 0.717) is 12.8 Å². The first-order valence-electron chi connectivity index (χ1n) is 12.2. The first kappa shape index (κ1) is 28.4. The van der Waals surface area contributed by atoms with Crippen molar-refractivity contribution in [1.82, 2.24) is 0 Å². The molecule has 11 nitrogen and oxygen atoms in total. The van der Waals surface area contributed by atoms with E-state index in [0.717, 1.165) is 0 Å². The Hall–Kier alpha value is -3.21. The second-order valence-electron chi connectivity index (χ2n) is 9.85. The van der Waals surface area contributed by atoms with Crippen LogP contribution < -0.4 is 0 Å². The number of esters is 5. The summed E-state index contributed by atoms with van der Waals surface area (Å²) < 4.78 is 33.9. The second-order valence-corrected chi connectivity index (χ2v) is 9.85. The van der Waals surface area contributed by atoms with Crippen LogP contribution in [0.1, 0.15) is 53.9 Å². The highest BCUT2D eigenvalue weighted by Gasteiger charge is 2.59. The van der Waals surface area contributed by atoms with Crippen molar-refractivity contribution in [3.05, 3.63) is 23.8 Å². The molecular weight excluding hydrogens is 488 g/mol. The molecule has 0 spiro atoms. The van der Waals surface area contributed by atoms with E-state index >= 15 is 0 Å². The normalized spacial score (nSPS) is 33.3. The molecule has 0 aromatic heterocycles. The van der Waals surface area contributed by atoms with E-state index in [4.69, 9.17) is 28.4 Å². The predicted octanol–water partition coefficient (Wildman–Crippen LogP) is 1.96. The van der Waals surface area contributed by atoms with Crippen molar-refractivity contribution in [2.45, 2.75) is 83.9 Å². The van der Waals surface area contributed by atoms with Crippen molar-refractivity contribution < 1.29 is 52.4 Å². The van der Waals surface area contributed by atoms with Gasteiger partial charge in [0.25, 0.3) is 0 Å². The number of ether oxygens (including phenoxy) is 6. The third-order valence-corrected chi connectivity index (χ3v) is 6.99. The van der Waals surface area contributed by atoms with Gasteiger partial charge in [0.15, 0.2) is 0 Å². The van der Waals surface area contributed by atoms with Gasteiger partial charge in [0.1, 0.15) is 37.6 Å². The highest BCUT2D eigenvalue weighted by Crippen LogP contribution is 2.48. The van der Waals surface area contributed by atoms with E-state index in [2.05, 4.69) is 6.58 Å². The van der Waals surface area contributed by atoms with Gasteiger partial charge in [0, 0.05) is 32.8 Å². The third kappa shape index (κ3) is 6.57. The number of allylic oxidation sites excluding steroid dienone is 1. The minimum absolute atomic E-state index is 0.124. The van der Waals surface area contributed by atoms with Crippen molar-refractivity contribution in [3.63, 3.8) is 0 Å². The molecule has 37 heavy (non-hydrogen) atoms. The maximum atomic E-state index is 13.0. The average molecular weight is 523 g/mol. The number of carbonyl (C=O) groups excluding carboxylic acids is 5. The summed E-state index contributed by atoms with van der Waals surface area (Å²) >= 11 is 0. The molecule has 3 aliphatic heterocycles. The standard InChI is InChI=1S/C26H34O11/c1-7-17(11-32-14(3)27)25(31)35-20-10-26(6)9-8-19(34-16(5)29)18(12-33-15(4)28)22(37-26)23-21(20)13(2)24(30)36-23/h7,18-23H,2,8-12H2,1,3-6H3/b17-7-. The Morgan fingerprint density at radius 2 is 1.70 bits per heavy atom. The quantitative estimate of drug-likeness (QED) is 0.275. The van der Waals surface area contributed by atoms with Gasteiger partial charge in [-0.25, -0.2) is 9.59 Å².